The molecule has 1 fully saturated rings. The molecule has 1 aliphatic carbocycles. The molecule has 1 saturated carbocycles. The van der Waals surface area contributed by atoms with Crippen molar-refractivity contribution in [1.82, 2.24) is 0 Å². The van der Waals surface area contributed by atoms with E-state index in [2.05, 4.69) is 27.1 Å². The molecule has 4 unspecified atom stereocenters. The van der Waals surface area contributed by atoms with Crippen LogP contribution in [0.1, 0.15) is 0 Å². The predicted molar refractivity (Wildman–Crippen MR) is 103 cm³/mol. The van der Waals surface area contributed by atoms with E-state index in [1.165, 1.54) is 0 Å². The molecule has 216 valence electrons. The Morgan fingerprint density at radius 3 is 0.622 bits per heavy atom. The van der Waals surface area contributed by atoms with Gasteiger partial charge in [0.15, 0.2) is 0 Å². The molecule has 0 spiro atoms. The zero-order valence-electron chi connectivity index (χ0n) is 17.0. The molecule has 1 aliphatic rings. The van der Waals surface area contributed by atoms with E-state index in [9.17, 15) is 37.2 Å². The Morgan fingerprint density at radius 1 is 0.378 bits per heavy atom. The molecular formula is C6H16MgO24P6. The summed E-state index contributed by atoms with van der Waals surface area (Å²) in [6.45, 7) is 0. The first-order valence-corrected chi connectivity index (χ1v) is 17.1. The van der Waals surface area contributed by atoms with Crippen molar-refractivity contribution < 1.29 is 113 Å². The van der Waals surface area contributed by atoms with E-state index in [-0.39, 0.29) is 23.1 Å². The van der Waals surface area contributed by atoms with Crippen molar-refractivity contribution in [2.45, 2.75) is 36.6 Å². The molecule has 0 aliphatic heterocycles. The Labute approximate surface area is 219 Å². The van der Waals surface area contributed by atoms with Gasteiger partial charge in [0.05, 0.1) is 7.82 Å². The van der Waals surface area contributed by atoms with Crippen LogP contribution in [0.4, 0.5) is 0 Å². The molecule has 0 saturated heterocycles. The summed E-state index contributed by atoms with van der Waals surface area (Å²) in [4.78, 5) is 114. The summed E-state index contributed by atoms with van der Waals surface area (Å²) >= 11 is 0. The number of phosphoric acid groups is 6. The molecule has 10 N–H and O–H groups in total. The van der Waals surface area contributed by atoms with Crippen LogP contribution in [0.2, 0.25) is 0 Å². The van der Waals surface area contributed by atoms with Crippen LogP contribution in [0.15, 0.2) is 0 Å². The van der Waals surface area contributed by atoms with Crippen LogP contribution < -0.4 is 9.79 Å². The summed E-state index contributed by atoms with van der Waals surface area (Å²) < 4.78 is 92.3. The Bertz CT molecular complexity index is 824. The largest absolute Gasteiger partial charge is 2.00 e. The summed E-state index contributed by atoms with van der Waals surface area (Å²) in [5.41, 5.74) is 0. The van der Waals surface area contributed by atoms with E-state index in [0.29, 0.717) is 0 Å². The van der Waals surface area contributed by atoms with Gasteiger partial charge >= 0.3 is 62.2 Å². The first-order valence-electron chi connectivity index (χ1n) is 7.97. The third-order valence-electron chi connectivity index (χ3n) is 3.49. The first kappa shape index (κ1) is 38.4. The molecule has 0 radical (unpaired) electrons. The Hall–Kier alpha value is 1.43. The third kappa shape index (κ3) is 15.3. The molecule has 24 nitrogen and oxygen atoms in total. The van der Waals surface area contributed by atoms with Crippen LogP contribution in [-0.4, -0.2) is 109 Å². The van der Waals surface area contributed by atoms with Gasteiger partial charge in [0, 0.05) is 0 Å². The van der Waals surface area contributed by atoms with Crippen LogP contribution in [0, 0.1) is 0 Å². The summed E-state index contributed by atoms with van der Waals surface area (Å²) in [6.07, 6.45) is -19.3. The van der Waals surface area contributed by atoms with Crippen molar-refractivity contribution in [2.75, 3.05) is 0 Å². The van der Waals surface area contributed by atoms with Gasteiger partial charge in [-0.15, -0.1) is 0 Å². The minimum atomic E-state index is -6.52. The molecule has 4 atom stereocenters. The molecule has 0 aromatic rings. The monoisotopic (exact) mass is 682 g/mol. The van der Waals surface area contributed by atoms with Crippen LogP contribution in [0.3, 0.4) is 0 Å². The van der Waals surface area contributed by atoms with Crippen molar-refractivity contribution in [3.63, 3.8) is 0 Å². The van der Waals surface area contributed by atoms with Crippen molar-refractivity contribution in [3.8, 4) is 0 Å². The minimum absolute atomic E-state index is 0. The van der Waals surface area contributed by atoms with Gasteiger partial charge in [-0.1, -0.05) is 0 Å². The Morgan fingerprint density at radius 2 is 0.514 bits per heavy atom. The van der Waals surface area contributed by atoms with E-state index in [4.69, 9.17) is 48.9 Å². The summed E-state index contributed by atoms with van der Waals surface area (Å²) in [7, 11) is -36.8. The predicted octanol–water partition coefficient (Wildman–Crippen LogP) is -4.78. The topological polar surface area (TPSA) is 406 Å². The number of rotatable bonds is 12. The van der Waals surface area contributed by atoms with Gasteiger partial charge in [-0.05, 0) is 0 Å². The standard InChI is InChI=1S/C6H18O24P6.Mg/c7-31(8,9)25-1-2(26-32(10,11)12)4(28-34(16,17)18)6(30-36(22,23)24)5(29-35(19,20)21)3(1)27-33(13,14)15;/h1-6H,(H2,7,8,9)(H2,10,11,12)(H2,13,14,15)(H2,16,17,18)(H2,19,20,21)(H2,22,23,24);/q;+2/p-2. The molecule has 0 aromatic carbocycles. The fraction of sp³-hybridized carbons (Fsp3) is 1.00. The van der Waals surface area contributed by atoms with Gasteiger partial charge in [-0.3, -0.25) is 22.6 Å². The van der Waals surface area contributed by atoms with Crippen molar-refractivity contribution in [2.24, 2.45) is 0 Å². The van der Waals surface area contributed by atoms with Gasteiger partial charge in [-0.2, -0.15) is 0 Å². The van der Waals surface area contributed by atoms with E-state index in [0.717, 1.165) is 0 Å². The van der Waals surface area contributed by atoms with Crippen LogP contribution in [0.5, 0.6) is 0 Å². The summed E-state index contributed by atoms with van der Waals surface area (Å²) in [6, 6.07) is 0. The maximum atomic E-state index is 11.4. The molecule has 1 rings (SSSR count). The van der Waals surface area contributed by atoms with Crippen LogP contribution in [0.25, 0.3) is 0 Å². The Kier molecular flexibility index (Phi) is 13.7. The van der Waals surface area contributed by atoms with E-state index in [1.54, 1.807) is 0 Å². The van der Waals surface area contributed by atoms with Crippen molar-refractivity contribution in [3.05, 3.63) is 0 Å². The molecule has 0 heterocycles. The molecule has 0 amide bonds. The Balaban J connectivity index is 0.0000130. The maximum Gasteiger partial charge on any atom is 2.00 e. The number of hydrogen-bond donors (Lipinski definition) is 10. The second-order valence-electron chi connectivity index (χ2n) is 6.32. The molecule has 0 bridgehead atoms. The van der Waals surface area contributed by atoms with Gasteiger partial charge in [0.1, 0.15) is 36.6 Å². The second kappa shape index (κ2) is 13.2. The van der Waals surface area contributed by atoms with E-state index < -0.39 is 83.6 Å². The molecular weight excluding hydrogens is 666 g/mol. The van der Waals surface area contributed by atoms with Gasteiger partial charge in [0.25, 0.3) is 0 Å². The zero-order chi connectivity index (χ0) is 28.7. The molecule has 37 heavy (non-hydrogen) atoms. The molecule has 31 heteroatoms. The second-order valence-corrected chi connectivity index (χ2v) is 13.4. The quantitative estimate of drug-likeness (QED) is 0.0682. The fourth-order valence-electron chi connectivity index (χ4n) is 2.78. The van der Waals surface area contributed by atoms with Gasteiger partial charge in [0.2, 0.25) is 0 Å². The average molecular weight is 682 g/mol. The van der Waals surface area contributed by atoms with Gasteiger partial charge in [-0.25, -0.2) is 22.8 Å². The average Bonchev–Trinajstić information content (AvgIpc) is 2.51. The van der Waals surface area contributed by atoms with Crippen molar-refractivity contribution >= 4 is 70.0 Å². The maximum absolute atomic E-state index is 11.4. The normalized spacial score (nSPS) is 28.5. The van der Waals surface area contributed by atoms with E-state index >= 15 is 0 Å². The number of phosphoric ester groups is 6. The third-order valence-corrected chi connectivity index (χ3v) is 6.58. The van der Waals surface area contributed by atoms with Crippen molar-refractivity contribution in [1.29, 1.82) is 0 Å². The summed E-state index contributed by atoms with van der Waals surface area (Å²) in [5.74, 6) is 0. The minimum Gasteiger partial charge on any atom is -0.790 e. The first-order chi connectivity index (χ1) is 15.6. The van der Waals surface area contributed by atoms with Crippen LogP contribution in [-0.2, 0) is 54.5 Å². The fourth-order valence-corrected chi connectivity index (χ4v) is 6.11. The number of hydrogen-bond acceptors (Lipinski definition) is 14. The summed E-state index contributed by atoms with van der Waals surface area (Å²) in [5, 5.41) is 0. The molecule has 0 aromatic heterocycles. The zero-order valence-corrected chi connectivity index (χ0v) is 23.8. The SMILES string of the molecule is O=P([O-])([O-])OC1C(OP(=O)(O)O)C(OP(=O)(O)O)C(OP(=O)(O)O)C(OP(=O)(O)O)C1OP(=O)(O)O.[Mg+2]. The van der Waals surface area contributed by atoms with Crippen LogP contribution >= 0.6 is 46.9 Å². The van der Waals surface area contributed by atoms with Gasteiger partial charge < -0.3 is 67.8 Å². The van der Waals surface area contributed by atoms with E-state index in [1.807, 2.05) is 0 Å². The smallest absolute Gasteiger partial charge is 0.790 e.